The highest BCUT2D eigenvalue weighted by Gasteiger charge is 2.31. The van der Waals surface area contributed by atoms with Gasteiger partial charge >= 0.3 is 0 Å². The first-order chi connectivity index (χ1) is 15.9. The summed E-state index contributed by atoms with van der Waals surface area (Å²) in [5, 5.41) is 12.5. The van der Waals surface area contributed by atoms with E-state index in [9.17, 15) is 9.59 Å². The van der Waals surface area contributed by atoms with Crippen LogP contribution in [0.1, 0.15) is 56.5 Å². The molecule has 2 aromatic heterocycles. The van der Waals surface area contributed by atoms with Gasteiger partial charge < -0.3 is 15.6 Å². The quantitative estimate of drug-likeness (QED) is 0.524. The number of hydrogen-bond acceptors (Lipinski definition) is 6. The summed E-state index contributed by atoms with van der Waals surface area (Å²) < 4.78 is 0. The molecule has 33 heavy (non-hydrogen) atoms. The van der Waals surface area contributed by atoms with Crippen molar-refractivity contribution in [2.24, 2.45) is 0 Å². The third-order valence-electron chi connectivity index (χ3n) is 6.53. The summed E-state index contributed by atoms with van der Waals surface area (Å²) in [4.78, 5) is 34.9. The van der Waals surface area contributed by atoms with Crippen molar-refractivity contribution in [2.75, 3.05) is 14.1 Å². The number of hydrazine groups is 1. The Hall–Kier alpha value is -2.46. The summed E-state index contributed by atoms with van der Waals surface area (Å²) in [5.41, 5.74) is 2.32. The Bertz CT molecular complexity index is 1180. The number of aromatic amines is 1. The molecule has 0 unspecified atom stereocenters. The fourth-order valence-electron chi connectivity index (χ4n) is 4.57. The third kappa shape index (κ3) is 4.63. The minimum absolute atomic E-state index is 0.125. The van der Waals surface area contributed by atoms with Crippen LogP contribution in [0.3, 0.4) is 0 Å². The summed E-state index contributed by atoms with van der Waals surface area (Å²) in [6.45, 7) is 1.46. The van der Waals surface area contributed by atoms with Gasteiger partial charge in [-0.3, -0.25) is 9.59 Å². The zero-order valence-corrected chi connectivity index (χ0v) is 20.2. The van der Waals surface area contributed by atoms with Gasteiger partial charge in [0.2, 0.25) is 0 Å². The molecule has 1 aliphatic carbocycles. The highest BCUT2D eigenvalue weighted by atomic mass is 35.5. The molecule has 3 N–H and O–H groups in total. The number of amides is 2. The largest absolute Gasteiger partial charge is 0.351 e. The molecule has 0 spiro atoms. The molecule has 2 atom stereocenters. The molecule has 2 aliphatic rings. The number of carbonyl (C=O) groups is 2. The Morgan fingerprint density at radius 3 is 2.52 bits per heavy atom. The van der Waals surface area contributed by atoms with Crippen LogP contribution in [-0.2, 0) is 13.1 Å². The van der Waals surface area contributed by atoms with Gasteiger partial charge in [-0.15, -0.1) is 11.3 Å². The highest BCUT2D eigenvalue weighted by Crippen LogP contribution is 2.27. The number of carbonyl (C=O) groups excluding carboxylic acids is 2. The lowest BCUT2D eigenvalue weighted by Gasteiger charge is -2.32. The van der Waals surface area contributed by atoms with Crippen LogP contribution in [0.2, 0.25) is 5.02 Å². The van der Waals surface area contributed by atoms with Crippen LogP contribution < -0.4 is 10.6 Å². The molecule has 3 aromatic rings. The van der Waals surface area contributed by atoms with Crippen molar-refractivity contribution in [3.05, 3.63) is 50.6 Å². The van der Waals surface area contributed by atoms with Crippen molar-refractivity contribution < 1.29 is 9.59 Å². The van der Waals surface area contributed by atoms with Gasteiger partial charge in [0.1, 0.15) is 5.69 Å². The van der Waals surface area contributed by atoms with Gasteiger partial charge in [0.05, 0.1) is 12.2 Å². The number of nitrogens with zero attached hydrogens (tertiary/aromatic N) is 3. The van der Waals surface area contributed by atoms with Crippen molar-refractivity contribution in [2.45, 2.75) is 50.9 Å². The van der Waals surface area contributed by atoms with Gasteiger partial charge in [-0.1, -0.05) is 24.4 Å². The number of benzene rings is 1. The maximum absolute atomic E-state index is 13.0. The standard InChI is InChI=1S/C23H27ClN6O2S/c1-29-11-19-20(12-30(29)2)33-23(28-19)22(32)27-17-6-4-3-5-16(17)26-21(31)18-10-13-9-14(24)7-8-15(13)25-18/h7-10,16-17,25H,3-6,11-12H2,1-2H3,(H,26,31)(H,27,32)/t16-,17-/m0/s1. The normalized spacial score (nSPS) is 21.7. The molecule has 10 heteroatoms. The lowest BCUT2D eigenvalue weighted by atomic mass is 9.90. The topological polar surface area (TPSA) is 93.4 Å². The minimum Gasteiger partial charge on any atom is -0.351 e. The average molecular weight is 487 g/mol. The monoisotopic (exact) mass is 486 g/mol. The number of aromatic nitrogens is 2. The molecule has 0 saturated heterocycles. The molecule has 2 amide bonds. The molecule has 0 bridgehead atoms. The van der Waals surface area contributed by atoms with Gasteiger partial charge in [0.25, 0.3) is 11.8 Å². The van der Waals surface area contributed by atoms with E-state index in [1.807, 2.05) is 26.2 Å². The van der Waals surface area contributed by atoms with Crippen LogP contribution in [0, 0.1) is 0 Å². The van der Waals surface area contributed by atoms with Crippen LogP contribution in [0.5, 0.6) is 0 Å². The predicted molar refractivity (Wildman–Crippen MR) is 129 cm³/mol. The van der Waals surface area contributed by atoms with E-state index in [4.69, 9.17) is 11.6 Å². The van der Waals surface area contributed by atoms with Crippen molar-refractivity contribution in [3.63, 3.8) is 0 Å². The number of H-pyrrole nitrogens is 1. The first kappa shape index (κ1) is 22.3. The second-order valence-corrected chi connectivity index (χ2v) is 10.4. The Kier molecular flexibility index (Phi) is 6.13. The number of thiazole rings is 1. The van der Waals surface area contributed by atoms with Gasteiger partial charge in [-0.25, -0.2) is 15.0 Å². The molecule has 1 saturated carbocycles. The van der Waals surface area contributed by atoms with E-state index in [2.05, 4.69) is 30.6 Å². The molecule has 8 nitrogen and oxygen atoms in total. The van der Waals surface area contributed by atoms with Crippen molar-refractivity contribution in [1.82, 2.24) is 30.6 Å². The van der Waals surface area contributed by atoms with Crippen LogP contribution in [0.25, 0.3) is 10.9 Å². The maximum atomic E-state index is 13.0. The van der Waals surface area contributed by atoms with E-state index < -0.39 is 0 Å². The van der Waals surface area contributed by atoms with E-state index in [-0.39, 0.29) is 23.9 Å². The van der Waals surface area contributed by atoms with E-state index in [0.717, 1.165) is 53.7 Å². The number of fused-ring (bicyclic) bond motifs is 2. The number of hydrogen-bond donors (Lipinski definition) is 3. The molecule has 1 aliphatic heterocycles. The van der Waals surface area contributed by atoms with Gasteiger partial charge in [0, 0.05) is 53.5 Å². The van der Waals surface area contributed by atoms with Crippen LogP contribution in [-0.4, -0.2) is 58.0 Å². The van der Waals surface area contributed by atoms with Crippen molar-refractivity contribution in [3.8, 4) is 0 Å². The molecule has 0 radical (unpaired) electrons. The van der Waals surface area contributed by atoms with Gasteiger partial charge in [0.15, 0.2) is 5.01 Å². The summed E-state index contributed by atoms with van der Waals surface area (Å²) in [5.74, 6) is -0.338. The average Bonchev–Trinajstić information content (AvgIpc) is 3.39. The fraction of sp³-hybridized carbons (Fsp3) is 0.435. The number of rotatable bonds is 4. The third-order valence-corrected chi connectivity index (χ3v) is 7.85. The molecule has 1 aromatic carbocycles. The van der Waals surface area contributed by atoms with Crippen LogP contribution >= 0.6 is 22.9 Å². The second-order valence-electron chi connectivity index (χ2n) is 8.88. The smallest absolute Gasteiger partial charge is 0.280 e. The first-order valence-corrected chi connectivity index (χ1v) is 12.4. The molecule has 5 rings (SSSR count). The predicted octanol–water partition coefficient (Wildman–Crippen LogP) is 3.54. The van der Waals surface area contributed by atoms with E-state index in [1.165, 1.54) is 11.3 Å². The fourth-order valence-corrected chi connectivity index (χ4v) is 5.77. The molecule has 3 heterocycles. The van der Waals surface area contributed by atoms with Crippen molar-refractivity contribution in [1.29, 1.82) is 0 Å². The van der Waals surface area contributed by atoms with Crippen molar-refractivity contribution >= 4 is 45.7 Å². The second kappa shape index (κ2) is 9.06. The van der Waals surface area contributed by atoms with Crippen LogP contribution in [0.4, 0.5) is 0 Å². The zero-order chi connectivity index (χ0) is 23.1. The van der Waals surface area contributed by atoms with E-state index >= 15 is 0 Å². The summed E-state index contributed by atoms with van der Waals surface area (Å²) in [7, 11) is 4.04. The Morgan fingerprint density at radius 1 is 1.06 bits per heavy atom. The molecule has 1 fully saturated rings. The molecular formula is C23H27ClN6O2S. The van der Waals surface area contributed by atoms with Crippen LogP contribution in [0.15, 0.2) is 24.3 Å². The molecule has 174 valence electrons. The number of nitrogens with one attached hydrogen (secondary N) is 3. The Morgan fingerprint density at radius 2 is 1.76 bits per heavy atom. The summed E-state index contributed by atoms with van der Waals surface area (Å²) in [6, 6.07) is 7.04. The zero-order valence-electron chi connectivity index (χ0n) is 18.7. The summed E-state index contributed by atoms with van der Waals surface area (Å²) in [6.07, 6.45) is 3.69. The lowest BCUT2D eigenvalue weighted by Crippen LogP contribution is -2.53. The van der Waals surface area contributed by atoms with Gasteiger partial charge in [-0.2, -0.15) is 0 Å². The maximum Gasteiger partial charge on any atom is 0.280 e. The lowest BCUT2D eigenvalue weighted by molar-refractivity contribution is -0.00171. The van der Waals surface area contributed by atoms with E-state index in [0.29, 0.717) is 22.3 Å². The minimum atomic E-state index is -0.177. The van der Waals surface area contributed by atoms with E-state index in [1.54, 1.807) is 12.1 Å². The SMILES string of the molecule is CN1Cc2nc(C(=O)N[C@H]3CCCC[C@@H]3NC(=O)c3cc4cc(Cl)ccc4[nH]3)sc2CN1C. The Labute approximate surface area is 201 Å². The Balaban J connectivity index is 1.27. The number of halogens is 1. The highest BCUT2D eigenvalue weighted by molar-refractivity contribution is 7.13. The first-order valence-electron chi connectivity index (χ1n) is 11.2. The molecular weight excluding hydrogens is 460 g/mol. The summed E-state index contributed by atoms with van der Waals surface area (Å²) >= 11 is 7.52. The van der Waals surface area contributed by atoms with Gasteiger partial charge in [-0.05, 0) is 37.1 Å².